The molecule has 4 heterocycles. The van der Waals surface area contributed by atoms with Gasteiger partial charge in [0.2, 0.25) is 5.82 Å². The lowest BCUT2D eigenvalue weighted by Crippen LogP contribution is -2.54. The molecule has 1 amide bonds. The lowest BCUT2D eigenvalue weighted by molar-refractivity contribution is -0.0328. The van der Waals surface area contributed by atoms with Crippen LogP contribution in [0.5, 0.6) is 5.75 Å². The highest BCUT2D eigenvalue weighted by Crippen LogP contribution is 2.41. The summed E-state index contributed by atoms with van der Waals surface area (Å²) >= 11 is 0. The van der Waals surface area contributed by atoms with Gasteiger partial charge < -0.3 is 14.4 Å². The third kappa shape index (κ3) is 3.19. The van der Waals surface area contributed by atoms with Crippen molar-refractivity contribution in [2.75, 3.05) is 26.3 Å². The Kier molecular flexibility index (Phi) is 4.31. The van der Waals surface area contributed by atoms with Gasteiger partial charge >= 0.3 is 0 Å². The first kappa shape index (κ1) is 16.0. The van der Waals surface area contributed by atoms with E-state index in [4.69, 9.17) is 9.47 Å². The molecule has 4 rings (SSSR count). The highest BCUT2D eigenvalue weighted by atomic mass is 16.5. The molecule has 2 aliphatic rings. The minimum absolute atomic E-state index is 0.116. The molecule has 0 saturated carbocycles. The van der Waals surface area contributed by atoms with Crippen molar-refractivity contribution in [3.05, 3.63) is 48.8 Å². The maximum absolute atomic E-state index is 12.7. The Bertz CT molecular complexity index is 728. The van der Waals surface area contributed by atoms with Crippen LogP contribution in [0.25, 0.3) is 0 Å². The second kappa shape index (κ2) is 6.76. The zero-order valence-electron chi connectivity index (χ0n) is 13.9. The molecule has 7 heteroatoms. The molecule has 0 bridgehead atoms. The minimum atomic E-state index is -0.196. The molecule has 2 aromatic heterocycles. The van der Waals surface area contributed by atoms with Gasteiger partial charge in [0.15, 0.2) is 0 Å². The van der Waals surface area contributed by atoms with Crippen molar-refractivity contribution in [2.45, 2.75) is 18.9 Å². The smallest absolute Gasteiger partial charge is 0.291 e. The summed E-state index contributed by atoms with van der Waals surface area (Å²) in [7, 11) is 0. The number of hydrogen-bond acceptors (Lipinski definition) is 6. The number of pyridine rings is 1. The molecule has 2 fully saturated rings. The maximum atomic E-state index is 12.7. The Morgan fingerprint density at radius 1 is 1.32 bits per heavy atom. The van der Waals surface area contributed by atoms with Crippen LogP contribution in [0.4, 0.5) is 0 Å². The largest absolute Gasteiger partial charge is 0.491 e. The highest BCUT2D eigenvalue weighted by molar-refractivity contribution is 5.90. The third-order valence-electron chi connectivity index (χ3n) is 4.97. The van der Waals surface area contributed by atoms with Crippen LogP contribution in [0.1, 0.15) is 23.5 Å². The van der Waals surface area contributed by atoms with Gasteiger partial charge in [0.1, 0.15) is 5.75 Å². The highest BCUT2D eigenvalue weighted by Gasteiger charge is 2.49. The number of amides is 1. The van der Waals surface area contributed by atoms with Crippen LogP contribution >= 0.6 is 0 Å². The summed E-state index contributed by atoms with van der Waals surface area (Å²) in [5.41, 5.74) is -0.196. The lowest BCUT2D eigenvalue weighted by Gasteiger charge is -2.43. The van der Waals surface area contributed by atoms with Crippen molar-refractivity contribution in [2.24, 2.45) is 5.41 Å². The molecule has 0 unspecified atom stereocenters. The molecule has 25 heavy (non-hydrogen) atoms. The van der Waals surface area contributed by atoms with Gasteiger partial charge in [-0.3, -0.25) is 9.78 Å². The van der Waals surface area contributed by atoms with E-state index in [-0.39, 0.29) is 23.3 Å². The molecule has 0 N–H and O–H groups in total. The van der Waals surface area contributed by atoms with Crippen LogP contribution in [-0.4, -0.2) is 58.2 Å². The summed E-state index contributed by atoms with van der Waals surface area (Å²) in [6, 6.07) is 5.44. The van der Waals surface area contributed by atoms with Crippen molar-refractivity contribution in [3.63, 3.8) is 0 Å². The number of nitrogens with zero attached hydrogens (tertiary/aromatic N) is 4. The first-order valence-corrected chi connectivity index (χ1v) is 8.48. The summed E-state index contributed by atoms with van der Waals surface area (Å²) in [6.07, 6.45) is 8.38. The molecule has 2 saturated heterocycles. The number of ether oxygens (including phenoxy) is 2. The Balaban J connectivity index is 1.50. The van der Waals surface area contributed by atoms with E-state index in [2.05, 4.69) is 15.0 Å². The minimum Gasteiger partial charge on any atom is -0.491 e. The Morgan fingerprint density at radius 2 is 2.20 bits per heavy atom. The van der Waals surface area contributed by atoms with E-state index in [1.165, 1.54) is 0 Å². The van der Waals surface area contributed by atoms with Gasteiger partial charge in [-0.2, -0.15) is 0 Å². The third-order valence-corrected chi connectivity index (χ3v) is 4.97. The van der Waals surface area contributed by atoms with Crippen LogP contribution in [0.3, 0.4) is 0 Å². The Morgan fingerprint density at radius 3 is 3.00 bits per heavy atom. The second-order valence-corrected chi connectivity index (χ2v) is 6.54. The molecule has 0 spiro atoms. The zero-order valence-corrected chi connectivity index (χ0v) is 13.9. The van der Waals surface area contributed by atoms with E-state index in [1.54, 1.807) is 30.9 Å². The van der Waals surface area contributed by atoms with E-state index in [0.717, 1.165) is 18.6 Å². The number of fused-ring (bicyclic) bond motifs is 1. The van der Waals surface area contributed by atoms with Crippen LogP contribution in [0.2, 0.25) is 0 Å². The van der Waals surface area contributed by atoms with Crippen LogP contribution in [-0.2, 0) is 4.74 Å². The van der Waals surface area contributed by atoms with Gasteiger partial charge in [0.05, 0.1) is 24.3 Å². The summed E-state index contributed by atoms with van der Waals surface area (Å²) in [5, 5.41) is 0. The quantitative estimate of drug-likeness (QED) is 0.841. The maximum Gasteiger partial charge on any atom is 0.291 e. The molecule has 2 aromatic rings. The number of aromatic nitrogens is 3. The normalized spacial score (nSPS) is 25.4. The van der Waals surface area contributed by atoms with Gasteiger partial charge in [-0.1, -0.05) is 0 Å². The number of likely N-dealkylation sites (tertiary alicyclic amines) is 1. The van der Waals surface area contributed by atoms with Crippen molar-refractivity contribution in [1.82, 2.24) is 19.9 Å². The van der Waals surface area contributed by atoms with E-state index >= 15 is 0 Å². The molecular formula is C18H20N4O3. The Hall–Kier alpha value is -2.54. The fourth-order valence-electron chi connectivity index (χ4n) is 3.64. The van der Waals surface area contributed by atoms with Crippen LogP contribution < -0.4 is 4.74 Å². The molecule has 130 valence electrons. The number of piperidine rings is 1. The van der Waals surface area contributed by atoms with E-state index in [1.807, 2.05) is 17.0 Å². The summed E-state index contributed by atoms with van der Waals surface area (Å²) in [6.45, 7) is 2.44. The number of carbonyl (C=O) groups excluding carboxylic acids is 1. The fraction of sp³-hybridized carbons (Fsp3) is 0.444. The second-order valence-electron chi connectivity index (χ2n) is 6.54. The summed E-state index contributed by atoms with van der Waals surface area (Å²) < 4.78 is 11.9. The van der Waals surface area contributed by atoms with Gasteiger partial charge in [-0.25, -0.2) is 9.97 Å². The van der Waals surface area contributed by atoms with Gasteiger partial charge in [0.25, 0.3) is 5.91 Å². The molecule has 2 aliphatic heterocycles. The van der Waals surface area contributed by atoms with E-state index in [9.17, 15) is 4.79 Å². The monoisotopic (exact) mass is 340 g/mol. The molecule has 7 nitrogen and oxygen atoms in total. The summed E-state index contributed by atoms with van der Waals surface area (Å²) in [4.78, 5) is 26.8. The predicted molar refractivity (Wildman–Crippen MR) is 89.1 cm³/mol. The SMILES string of the molecule is O=C(c1ncccn1)N1CC[C@@H]2OCC[C@]2(COc2cccnc2)C1. The lowest BCUT2D eigenvalue weighted by atomic mass is 9.77. The van der Waals surface area contributed by atoms with Gasteiger partial charge in [-0.05, 0) is 31.0 Å². The van der Waals surface area contributed by atoms with Crippen molar-refractivity contribution < 1.29 is 14.3 Å². The predicted octanol–water partition coefficient (Wildman–Crippen LogP) is 1.57. The number of hydrogen-bond donors (Lipinski definition) is 0. The van der Waals surface area contributed by atoms with E-state index in [0.29, 0.717) is 26.3 Å². The number of carbonyl (C=O) groups is 1. The first-order valence-electron chi connectivity index (χ1n) is 8.48. The molecule has 0 aromatic carbocycles. The molecule has 2 atom stereocenters. The molecule has 0 aliphatic carbocycles. The van der Waals surface area contributed by atoms with Crippen molar-refractivity contribution in [1.29, 1.82) is 0 Å². The van der Waals surface area contributed by atoms with Gasteiger partial charge in [0, 0.05) is 38.3 Å². The Labute approximate surface area is 146 Å². The molecular weight excluding hydrogens is 320 g/mol. The van der Waals surface area contributed by atoms with E-state index < -0.39 is 0 Å². The van der Waals surface area contributed by atoms with Gasteiger partial charge in [-0.15, -0.1) is 0 Å². The van der Waals surface area contributed by atoms with Crippen LogP contribution in [0.15, 0.2) is 43.0 Å². The average molecular weight is 340 g/mol. The molecule has 0 radical (unpaired) electrons. The fourth-order valence-corrected chi connectivity index (χ4v) is 3.64. The number of rotatable bonds is 4. The van der Waals surface area contributed by atoms with Crippen LogP contribution in [0, 0.1) is 5.41 Å². The van der Waals surface area contributed by atoms with Crippen molar-refractivity contribution in [3.8, 4) is 5.75 Å². The first-order chi connectivity index (χ1) is 12.3. The average Bonchev–Trinajstić information content (AvgIpc) is 3.11. The summed E-state index contributed by atoms with van der Waals surface area (Å²) in [5.74, 6) is 0.840. The standard InChI is InChI=1S/C18H20N4O3/c23-17(16-20-7-2-8-21-16)22-9-4-15-18(12-22,5-10-24-15)13-25-14-3-1-6-19-11-14/h1-3,6-8,11,15H,4-5,9-10,12-13H2/t15-,18+/m0/s1. The topological polar surface area (TPSA) is 77.4 Å². The van der Waals surface area contributed by atoms with Crippen molar-refractivity contribution >= 4 is 5.91 Å². The zero-order chi connectivity index (χ0) is 17.1.